The monoisotopic (exact) mass is 234 g/mol. The van der Waals surface area contributed by atoms with Gasteiger partial charge in [0.15, 0.2) is 0 Å². The summed E-state index contributed by atoms with van der Waals surface area (Å²) in [5.74, 6) is 0. The Labute approximate surface area is 92.3 Å². The molecule has 0 aliphatic carbocycles. The second kappa shape index (κ2) is 39.2. The van der Waals surface area contributed by atoms with Gasteiger partial charge in [0.2, 0.25) is 0 Å². The molecule has 0 atom stereocenters. The molecule has 0 heterocycles. The van der Waals surface area contributed by atoms with E-state index in [1.54, 1.807) is 0 Å². The molecule has 0 aromatic carbocycles. The van der Waals surface area contributed by atoms with Gasteiger partial charge in [-0.3, -0.25) is 0 Å². The van der Waals surface area contributed by atoms with Gasteiger partial charge in [-0.05, 0) is 0 Å². The van der Waals surface area contributed by atoms with E-state index in [0.717, 1.165) is 0 Å². The zero-order valence-corrected chi connectivity index (χ0v) is 8.99. The van der Waals surface area contributed by atoms with Crippen LogP contribution in [0.3, 0.4) is 0 Å². The van der Waals surface area contributed by atoms with Gasteiger partial charge in [0.25, 0.3) is 0 Å². The van der Waals surface area contributed by atoms with Gasteiger partial charge < -0.3 is 30.6 Å². The van der Waals surface area contributed by atoms with Crippen molar-refractivity contribution in [1.29, 1.82) is 0 Å². The molecule has 0 aliphatic rings. The van der Waals surface area contributed by atoms with Crippen molar-refractivity contribution in [2.75, 3.05) is 39.6 Å². The Morgan fingerprint density at radius 3 is 0.462 bits per heavy atom. The van der Waals surface area contributed by atoms with Gasteiger partial charge in [0.05, 0.1) is 39.6 Å². The average molecular weight is 234 g/mol. The van der Waals surface area contributed by atoms with Crippen molar-refractivity contribution in [2.45, 2.75) is 0 Å². The summed E-state index contributed by atoms with van der Waals surface area (Å²) in [5.41, 5.74) is 0. The largest absolute Gasteiger partial charge is 0.394 e. The van der Waals surface area contributed by atoms with E-state index in [9.17, 15) is 0 Å². The molecule has 0 rings (SSSR count). The second-order valence-corrected chi connectivity index (χ2v) is 1.34. The van der Waals surface area contributed by atoms with Crippen LogP contribution in [0.2, 0.25) is 0 Å². The molecule has 0 saturated heterocycles. The number of rotatable bonds is 3. The fraction of sp³-hybridized carbons (Fsp3) is 1.00. The van der Waals surface area contributed by atoms with Crippen LogP contribution in [0.5, 0.6) is 0 Å². The van der Waals surface area contributed by atoms with Gasteiger partial charge in [-0.25, -0.2) is 0 Å². The molecular formula is C6H18O6Ti. The van der Waals surface area contributed by atoms with Crippen molar-refractivity contribution < 1.29 is 52.4 Å². The fourth-order valence-electron chi connectivity index (χ4n) is 0. The van der Waals surface area contributed by atoms with E-state index in [2.05, 4.69) is 0 Å². The van der Waals surface area contributed by atoms with Gasteiger partial charge in [0, 0.05) is 21.7 Å². The minimum atomic E-state index is -0.125. The van der Waals surface area contributed by atoms with Crippen LogP contribution in [0.1, 0.15) is 0 Å². The predicted molar refractivity (Wildman–Crippen MR) is 42.5 cm³/mol. The first kappa shape index (κ1) is 23.4. The molecule has 0 radical (unpaired) electrons. The van der Waals surface area contributed by atoms with E-state index in [0.29, 0.717) is 0 Å². The van der Waals surface area contributed by atoms with Crippen molar-refractivity contribution in [3.8, 4) is 0 Å². The van der Waals surface area contributed by atoms with Gasteiger partial charge in [-0.15, -0.1) is 0 Å². The first-order chi connectivity index (χ1) is 5.74. The van der Waals surface area contributed by atoms with E-state index in [-0.39, 0.29) is 61.4 Å². The zero-order valence-electron chi connectivity index (χ0n) is 7.43. The van der Waals surface area contributed by atoms with E-state index in [1.807, 2.05) is 0 Å². The molecular weight excluding hydrogens is 216 g/mol. The van der Waals surface area contributed by atoms with Gasteiger partial charge in [0.1, 0.15) is 0 Å². The summed E-state index contributed by atoms with van der Waals surface area (Å²) in [4.78, 5) is 0. The number of hydrogen-bond acceptors (Lipinski definition) is 6. The van der Waals surface area contributed by atoms with Crippen LogP contribution in [0, 0.1) is 0 Å². The Bertz CT molecular complexity index is 32.6. The summed E-state index contributed by atoms with van der Waals surface area (Å²) in [6.45, 7) is -0.750. The van der Waals surface area contributed by atoms with Crippen molar-refractivity contribution >= 4 is 0 Å². The summed E-state index contributed by atoms with van der Waals surface area (Å²) in [7, 11) is 0. The Morgan fingerprint density at radius 2 is 0.462 bits per heavy atom. The molecule has 0 aromatic rings. The minimum Gasteiger partial charge on any atom is -0.394 e. The Hall–Kier alpha value is 0.474. The number of hydrogen-bond donors (Lipinski definition) is 6. The molecule has 0 aromatic heterocycles. The molecule has 0 aliphatic heterocycles. The zero-order chi connectivity index (χ0) is 10.2. The van der Waals surface area contributed by atoms with Gasteiger partial charge in [-0.2, -0.15) is 0 Å². The summed E-state index contributed by atoms with van der Waals surface area (Å²) in [6.07, 6.45) is 0. The standard InChI is InChI=1S/3C2H6O2.Ti/c3*3-1-2-4;/h3*3-4H,1-2H2;. The normalized spacial score (nSPS) is 6.92. The maximum Gasteiger partial charge on any atom is 0.0662 e. The Kier molecular flexibility index (Phi) is 70.4. The van der Waals surface area contributed by atoms with E-state index >= 15 is 0 Å². The van der Waals surface area contributed by atoms with Crippen molar-refractivity contribution in [3.05, 3.63) is 0 Å². The van der Waals surface area contributed by atoms with Crippen molar-refractivity contribution in [2.24, 2.45) is 0 Å². The maximum atomic E-state index is 7.62. The third kappa shape index (κ3) is 113. The van der Waals surface area contributed by atoms with Crippen molar-refractivity contribution in [1.82, 2.24) is 0 Å². The molecule has 0 spiro atoms. The molecule has 6 nitrogen and oxygen atoms in total. The van der Waals surface area contributed by atoms with Crippen LogP contribution < -0.4 is 0 Å². The van der Waals surface area contributed by atoms with Crippen LogP contribution in [-0.2, 0) is 21.7 Å². The van der Waals surface area contributed by atoms with E-state index in [4.69, 9.17) is 30.6 Å². The molecule has 6 N–H and O–H groups in total. The van der Waals surface area contributed by atoms with E-state index in [1.165, 1.54) is 0 Å². The SMILES string of the molecule is OCCO.OCCO.OCCO.[Ti]. The first-order valence-corrected chi connectivity index (χ1v) is 3.40. The molecule has 7 heteroatoms. The molecule has 0 bridgehead atoms. The van der Waals surface area contributed by atoms with Gasteiger partial charge >= 0.3 is 0 Å². The third-order valence-electron chi connectivity index (χ3n) is 0.300. The quantitative estimate of drug-likeness (QED) is 0.288. The predicted octanol–water partition coefficient (Wildman–Crippen LogP) is -3.09. The van der Waals surface area contributed by atoms with Crippen LogP contribution in [0.25, 0.3) is 0 Å². The van der Waals surface area contributed by atoms with Crippen LogP contribution >= 0.6 is 0 Å². The van der Waals surface area contributed by atoms with E-state index < -0.39 is 0 Å². The van der Waals surface area contributed by atoms with Gasteiger partial charge in [-0.1, -0.05) is 0 Å². The molecule has 0 saturated carbocycles. The Morgan fingerprint density at radius 1 is 0.385 bits per heavy atom. The first-order valence-electron chi connectivity index (χ1n) is 3.40. The van der Waals surface area contributed by atoms with Crippen LogP contribution in [0.4, 0.5) is 0 Å². The van der Waals surface area contributed by atoms with Crippen molar-refractivity contribution in [3.63, 3.8) is 0 Å². The fourth-order valence-corrected chi connectivity index (χ4v) is 0. The summed E-state index contributed by atoms with van der Waals surface area (Å²) in [6, 6.07) is 0. The molecule has 0 fully saturated rings. The molecule has 0 amide bonds. The average Bonchev–Trinajstić information content (AvgIpc) is 2.18. The maximum absolute atomic E-state index is 7.62. The molecule has 13 heavy (non-hydrogen) atoms. The summed E-state index contributed by atoms with van der Waals surface area (Å²) >= 11 is 0. The van der Waals surface area contributed by atoms with Crippen LogP contribution in [-0.4, -0.2) is 70.3 Å². The molecule has 0 unspecified atom stereocenters. The smallest absolute Gasteiger partial charge is 0.0662 e. The Balaban J connectivity index is -0.0000000450. The third-order valence-corrected chi connectivity index (χ3v) is 0.300. The second-order valence-electron chi connectivity index (χ2n) is 1.34. The number of aliphatic hydroxyl groups is 6. The summed E-state index contributed by atoms with van der Waals surface area (Å²) in [5, 5.41) is 45.8. The minimum absolute atomic E-state index is 0. The van der Waals surface area contributed by atoms with Crippen LogP contribution in [0.15, 0.2) is 0 Å². The number of aliphatic hydroxyl groups excluding tert-OH is 6. The summed E-state index contributed by atoms with van der Waals surface area (Å²) < 4.78 is 0. The topological polar surface area (TPSA) is 121 Å². The molecule has 82 valence electrons.